The van der Waals surface area contributed by atoms with Crippen LogP contribution in [0.3, 0.4) is 0 Å². The Morgan fingerprint density at radius 3 is 2.60 bits per heavy atom. The summed E-state index contributed by atoms with van der Waals surface area (Å²) in [6.45, 7) is 2.77. The number of hydrogen-bond acceptors (Lipinski definition) is 4. The molecular weight excluding hydrogens is 256 g/mol. The lowest BCUT2D eigenvalue weighted by atomic mass is 10.1. The van der Waals surface area contributed by atoms with Crippen LogP contribution in [-0.2, 0) is 6.54 Å². The number of carbonyl (C=O) groups excluding carboxylic acids is 1. The van der Waals surface area contributed by atoms with E-state index in [1.165, 1.54) is 0 Å². The van der Waals surface area contributed by atoms with Gasteiger partial charge < -0.3 is 9.47 Å². The van der Waals surface area contributed by atoms with Gasteiger partial charge in [-0.05, 0) is 30.7 Å². The zero-order valence-corrected chi connectivity index (χ0v) is 11.9. The van der Waals surface area contributed by atoms with E-state index in [0.29, 0.717) is 22.8 Å². The van der Waals surface area contributed by atoms with Gasteiger partial charge in [0.05, 0.1) is 14.2 Å². The average molecular weight is 274 g/mol. The van der Waals surface area contributed by atoms with Crippen molar-refractivity contribution < 1.29 is 14.3 Å². The Labute approximate surface area is 118 Å². The summed E-state index contributed by atoms with van der Waals surface area (Å²) in [5.41, 5.74) is 1.14. The molecule has 5 nitrogen and oxygen atoms in total. The van der Waals surface area contributed by atoms with E-state index in [9.17, 15) is 4.79 Å². The predicted molar refractivity (Wildman–Crippen MR) is 75.5 cm³/mol. The summed E-state index contributed by atoms with van der Waals surface area (Å²) in [7, 11) is 3.11. The summed E-state index contributed by atoms with van der Waals surface area (Å²) < 4.78 is 12.1. The van der Waals surface area contributed by atoms with E-state index >= 15 is 0 Å². The number of rotatable bonds is 6. The minimum absolute atomic E-state index is 0.0723. The predicted octanol–water partition coefficient (Wildman–Crippen LogP) is 2.54. The molecule has 1 heterocycles. The summed E-state index contributed by atoms with van der Waals surface area (Å²) in [6.07, 6.45) is 2.57. The first-order valence-electron chi connectivity index (χ1n) is 6.49. The number of benzene rings is 1. The van der Waals surface area contributed by atoms with Gasteiger partial charge in [-0.2, -0.15) is 5.10 Å². The highest BCUT2D eigenvalue weighted by atomic mass is 16.5. The summed E-state index contributed by atoms with van der Waals surface area (Å²) >= 11 is 0. The monoisotopic (exact) mass is 274 g/mol. The van der Waals surface area contributed by atoms with Gasteiger partial charge >= 0.3 is 0 Å². The Hall–Kier alpha value is -2.30. The van der Waals surface area contributed by atoms with Gasteiger partial charge in [0, 0.05) is 18.3 Å². The van der Waals surface area contributed by atoms with Gasteiger partial charge in [-0.1, -0.05) is 6.92 Å². The number of ketones is 1. The fourth-order valence-corrected chi connectivity index (χ4v) is 2.04. The largest absolute Gasteiger partial charge is 0.493 e. The average Bonchev–Trinajstić information content (AvgIpc) is 2.94. The first kappa shape index (κ1) is 14.1. The third kappa shape index (κ3) is 2.66. The smallest absolute Gasteiger partial charge is 0.211 e. The topological polar surface area (TPSA) is 53.4 Å². The van der Waals surface area contributed by atoms with E-state index < -0.39 is 0 Å². The summed E-state index contributed by atoms with van der Waals surface area (Å²) in [5, 5.41) is 4.17. The van der Waals surface area contributed by atoms with Crippen LogP contribution in [0.4, 0.5) is 0 Å². The molecule has 2 rings (SSSR count). The number of aromatic nitrogens is 2. The van der Waals surface area contributed by atoms with Crippen molar-refractivity contribution in [3.63, 3.8) is 0 Å². The van der Waals surface area contributed by atoms with E-state index in [-0.39, 0.29) is 5.78 Å². The molecule has 0 aliphatic heterocycles. The molecule has 0 saturated heterocycles. The first-order chi connectivity index (χ1) is 9.71. The van der Waals surface area contributed by atoms with Gasteiger partial charge in [0.15, 0.2) is 11.5 Å². The SMILES string of the molecule is CCCn1nccc1C(=O)c1ccc(OC)c(OC)c1. The summed E-state index contributed by atoms with van der Waals surface area (Å²) in [6, 6.07) is 6.87. The maximum atomic E-state index is 12.5. The maximum absolute atomic E-state index is 12.5. The molecule has 5 heteroatoms. The minimum Gasteiger partial charge on any atom is -0.493 e. The molecule has 0 aliphatic rings. The molecule has 0 unspecified atom stereocenters. The zero-order chi connectivity index (χ0) is 14.5. The Bertz CT molecular complexity index is 605. The van der Waals surface area contributed by atoms with Gasteiger partial charge in [0.25, 0.3) is 0 Å². The number of carbonyl (C=O) groups is 1. The van der Waals surface area contributed by atoms with E-state index in [4.69, 9.17) is 9.47 Å². The standard InChI is InChI=1S/C15H18N2O3/c1-4-9-17-12(7-8-16-17)15(18)11-5-6-13(19-2)14(10-11)20-3/h5-8,10H,4,9H2,1-3H3. The van der Waals surface area contributed by atoms with Crippen molar-refractivity contribution in [2.75, 3.05) is 14.2 Å². The molecule has 0 saturated carbocycles. The van der Waals surface area contributed by atoms with Crippen LogP contribution in [0.15, 0.2) is 30.5 Å². The van der Waals surface area contributed by atoms with Crippen LogP contribution in [0.5, 0.6) is 11.5 Å². The van der Waals surface area contributed by atoms with Gasteiger partial charge in [0.2, 0.25) is 5.78 Å². The summed E-state index contributed by atoms with van der Waals surface area (Å²) in [4.78, 5) is 12.5. The van der Waals surface area contributed by atoms with Crippen LogP contribution in [0.25, 0.3) is 0 Å². The van der Waals surface area contributed by atoms with Crippen molar-refractivity contribution in [2.45, 2.75) is 19.9 Å². The maximum Gasteiger partial charge on any atom is 0.211 e. The van der Waals surface area contributed by atoms with Gasteiger partial charge in [0.1, 0.15) is 5.69 Å². The molecule has 0 radical (unpaired) electrons. The van der Waals surface area contributed by atoms with Crippen molar-refractivity contribution >= 4 is 5.78 Å². The molecule has 1 aromatic carbocycles. The third-order valence-electron chi connectivity index (χ3n) is 3.03. The minimum atomic E-state index is -0.0723. The lowest BCUT2D eigenvalue weighted by Gasteiger charge is -2.10. The van der Waals surface area contributed by atoms with Gasteiger partial charge in [-0.3, -0.25) is 9.48 Å². The van der Waals surface area contributed by atoms with Crippen molar-refractivity contribution in [3.05, 3.63) is 41.7 Å². The Kier molecular flexibility index (Phi) is 4.40. The summed E-state index contributed by atoms with van der Waals surface area (Å²) in [5.74, 6) is 1.07. The second kappa shape index (κ2) is 6.23. The van der Waals surface area contributed by atoms with Crippen LogP contribution in [0, 0.1) is 0 Å². The highest BCUT2D eigenvalue weighted by molar-refractivity contribution is 6.08. The second-order valence-electron chi connectivity index (χ2n) is 4.34. The van der Waals surface area contributed by atoms with E-state index in [1.54, 1.807) is 49.4 Å². The van der Waals surface area contributed by atoms with Crippen molar-refractivity contribution in [1.29, 1.82) is 0 Å². The lowest BCUT2D eigenvalue weighted by Crippen LogP contribution is -2.11. The Balaban J connectivity index is 2.35. The molecular formula is C15H18N2O3. The third-order valence-corrected chi connectivity index (χ3v) is 3.03. The van der Waals surface area contributed by atoms with Gasteiger partial charge in [-0.25, -0.2) is 0 Å². The second-order valence-corrected chi connectivity index (χ2v) is 4.34. The number of ether oxygens (including phenoxy) is 2. The molecule has 0 spiro atoms. The van der Waals surface area contributed by atoms with Gasteiger partial charge in [-0.15, -0.1) is 0 Å². The Morgan fingerprint density at radius 1 is 1.20 bits per heavy atom. The molecule has 1 aromatic heterocycles. The van der Waals surface area contributed by atoms with E-state index in [1.807, 2.05) is 6.92 Å². The zero-order valence-electron chi connectivity index (χ0n) is 11.9. The molecule has 0 fully saturated rings. The van der Waals surface area contributed by atoms with Crippen LogP contribution < -0.4 is 9.47 Å². The van der Waals surface area contributed by atoms with E-state index in [2.05, 4.69) is 5.10 Å². The molecule has 0 N–H and O–H groups in total. The molecule has 106 valence electrons. The van der Waals surface area contributed by atoms with Crippen LogP contribution in [-0.4, -0.2) is 29.8 Å². The first-order valence-corrected chi connectivity index (χ1v) is 6.49. The van der Waals surface area contributed by atoms with E-state index in [0.717, 1.165) is 13.0 Å². The molecule has 0 amide bonds. The molecule has 2 aromatic rings. The van der Waals surface area contributed by atoms with Crippen molar-refractivity contribution in [2.24, 2.45) is 0 Å². The van der Waals surface area contributed by atoms with Crippen LogP contribution >= 0.6 is 0 Å². The Morgan fingerprint density at radius 2 is 1.95 bits per heavy atom. The molecule has 0 aliphatic carbocycles. The van der Waals surface area contributed by atoms with Crippen LogP contribution in [0.1, 0.15) is 29.4 Å². The highest BCUT2D eigenvalue weighted by Gasteiger charge is 2.16. The van der Waals surface area contributed by atoms with Crippen molar-refractivity contribution in [1.82, 2.24) is 9.78 Å². The molecule has 0 bridgehead atoms. The number of methoxy groups -OCH3 is 2. The lowest BCUT2D eigenvalue weighted by molar-refractivity contribution is 0.102. The fraction of sp³-hybridized carbons (Fsp3) is 0.333. The number of aryl methyl sites for hydroxylation is 1. The number of nitrogens with zero attached hydrogens (tertiary/aromatic N) is 2. The normalized spacial score (nSPS) is 10.3. The quantitative estimate of drug-likeness (QED) is 0.760. The molecule has 0 atom stereocenters. The number of hydrogen-bond donors (Lipinski definition) is 0. The fourth-order valence-electron chi connectivity index (χ4n) is 2.04. The van der Waals surface area contributed by atoms with Crippen molar-refractivity contribution in [3.8, 4) is 11.5 Å². The molecule has 20 heavy (non-hydrogen) atoms. The highest BCUT2D eigenvalue weighted by Crippen LogP contribution is 2.28. The van der Waals surface area contributed by atoms with Crippen LogP contribution in [0.2, 0.25) is 0 Å².